The fourth-order valence-electron chi connectivity index (χ4n) is 3.16. The highest BCUT2D eigenvalue weighted by molar-refractivity contribution is 9.10. The van der Waals surface area contributed by atoms with Gasteiger partial charge in [-0.3, -0.25) is 9.10 Å². The van der Waals surface area contributed by atoms with E-state index in [0.717, 1.165) is 8.78 Å². The number of hydrogen-bond acceptors (Lipinski definition) is 5. The number of hydrogen-bond donors (Lipinski definition) is 2. The molecule has 2 N–H and O–H groups in total. The highest BCUT2D eigenvalue weighted by Gasteiger charge is 2.27. The van der Waals surface area contributed by atoms with Gasteiger partial charge in [0.1, 0.15) is 6.54 Å². The van der Waals surface area contributed by atoms with E-state index in [1.165, 1.54) is 24.3 Å². The van der Waals surface area contributed by atoms with Crippen molar-refractivity contribution in [2.75, 3.05) is 10.8 Å². The summed E-state index contributed by atoms with van der Waals surface area (Å²) in [7, 11) is -4.10. The van der Waals surface area contributed by atoms with E-state index in [0.29, 0.717) is 15.9 Å². The van der Waals surface area contributed by atoms with Crippen molar-refractivity contribution in [3.63, 3.8) is 0 Å². The molecule has 0 unspecified atom stereocenters. The number of azo groups is 1. The number of sulfonamides is 1. The number of carbonyl (C=O) groups excluding carboxylic acids is 1. The lowest BCUT2D eigenvalue weighted by molar-refractivity contribution is -0.116. The number of carbonyl (C=O) groups is 1. The van der Waals surface area contributed by atoms with Crippen LogP contribution in [-0.4, -0.2) is 31.0 Å². The molecule has 0 fully saturated rings. The van der Waals surface area contributed by atoms with Gasteiger partial charge in [0.2, 0.25) is 5.88 Å². The van der Waals surface area contributed by atoms with E-state index in [4.69, 9.17) is 11.6 Å². The first-order valence-electron chi connectivity index (χ1n) is 9.54. The first kappa shape index (κ1) is 23.0. The third-order valence-electron chi connectivity index (χ3n) is 4.68. The van der Waals surface area contributed by atoms with Crippen LogP contribution in [0.4, 0.5) is 11.4 Å². The van der Waals surface area contributed by atoms with Gasteiger partial charge in [0.25, 0.3) is 15.9 Å². The van der Waals surface area contributed by atoms with E-state index in [9.17, 15) is 18.3 Å². The summed E-state index contributed by atoms with van der Waals surface area (Å²) in [5.74, 6) is -1.10. The Balaban J connectivity index is 1.68. The smallest absolute Gasteiger partial charge is 0.285 e. The zero-order chi connectivity index (χ0) is 23.6. The second-order valence-corrected chi connectivity index (χ2v) is 10.1. The molecule has 168 valence electrons. The molecule has 0 aliphatic carbocycles. The van der Waals surface area contributed by atoms with Crippen molar-refractivity contribution in [2.45, 2.75) is 4.90 Å². The van der Waals surface area contributed by atoms with Gasteiger partial charge < -0.3 is 10.1 Å². The number of nitrogens with one attached hydrogen (secondary N) is 1. The Hall–Kier alpha value is -3.21. The number of aromatic amines is 1. The molecule has 4 aromatic rings. The fraction of sp³-hybridized carbons (Fsp3) is 0.0455. The van der Waals surface area contributed by atoms with Crippen LogP contribution < -0.4 is 4.31 Å². The molecule has 4 rings (SSSR count). The summed E-state index contributed by atoms with van der Waals surface area (Å²) in [6.07, 6.45) is 0. The molecule has 0 saturated carbocycles. The molecular formula is C22H16BrClN4O4S. The summed E-state index contributed by atoms with van der Waals surface area (Å²) in [5, 5.41) is 18.5. The van der Waals surface area contributed by atoms with Crippen LogP contribution >= 0.6 is 27.5 Å². The molecule has 1 heterocycles. The second kappa shape index (κ2) is 9.34. The van der Waals surface area contributed by atoms with E-state index < -0.39 is 22.5 Å². The standard InChI is InChI=1S/C22H16BrClN4O4S/c23-14-9-10-19-18(11-14)21(22(30)25-19)27-26-20(29)13-28(16-6-4-5-15(24)12-16)33(31,32)17-7-2-1-3-8-17/h1-12,25,30H,13H2. The summed E-state index contributed by atoms with van der Waals surface area (Å²) in [6.45, 7) is -0.617. The van der Waals surface area contributed by atoms with Crippen molar-refractivity contribution in [3.8, 4) is 5.88 Å². The third-order valence-corrected chi connectivity index (χ3v) is 7.20. The van der Waals surface area contributed by atoms with Crippen LogP contribution in [-0.2, 0) is 14.8 Å². The van der Waals surface area contributed by atoms with E-state index in [1.54, 1.807) is 48.5 Å². The van der Waals surface area contributed by atoms with Crippen LogP contribution in [0.5, 0.6) is 5.88 Å². The van der Waals surface area contributed by atoms with Crippen LogP contribution in [0.3, 0.4) is 0 Å². The van der Waals surface area contributed by atoms with Gasteiger partial charge in [0.05, 0.1) is 16.1 Å². The molecule has 3 aromatic carbocycles. The van der Waals surface area contributed by atoms with Gasteiger partial charge in [-0.15, -0.1) is 10.2 Å². The monoisotopic (exact) mass is 546 g/mol. The number of fused-ring (bicyclic) bond motifs is 1. The van der Waals surface area contributed by atoms with E-state index in [1.807, 2.05) is 0 Å². The van der Waals surface area contributed by atoms with E-state index in [-0.39, 0.29) is 22.2 Å². The number of H-pyrrole nitrogens is 1. The van der Waals surface area contributed by atoms with E-state index in [2.05, 4.69) is 31.1 Å². The zero-order valence-corrected chi connectivity index (χ0v) is 20.0. The highest BCUT2D eigenvalue weighted by Crippen LogP contribution is 2.37. The number of aromatic hydroxyl groups is 1. The highest BCUT2D eigenvalue weighted by atomic mass is 79.9. The second-order valence-electron chi connectivity index (χ2n) is 6.91. The Labute approximate surface area is 202 Å². The SMILES string of the molecule is O=C(CN(c1cccc(Cl)c1)S(=O)(=O)c1ccccc1)N=Nc1c(O)[nH]c2ccc(Br)cc12. The first-order chi connectivity index (χ1) is 15.8. The zero-order valence-electron chi connectivity index (χ0n) is 16.8. The molecule has 11 heteroatoms. The number of nitrogens with zero attached hydrogens (tertiary/aromatic N) is 3. The number of anilines is 1. The lowest BCUT2D eigenvalue weighted by Gasteiger charge is -2.23. The minimum Gasteiger partial charge on any atom is -0.493 e. The van der Waals surface area contributed by atoms with Crippen LogP contribution in [0, 0.1) is 0 Å². The number of rotatable bonds is 6. The maximum Gasteiger partial charge on any atom is 0.285 e. The van der Waals surface area contributed by atoms with Crippen LogP contribution in [0.1, 0.15) is 0 Å². The van der Waals surface area contributed by atoms with Crippen LogP contribution in [0.2, 0.25) is 5.02 Å². The van der Waals surface area contributed by atoms with Gasteiger partial charge in [-0.1, -0.05) is 51.8 Å². The molecule has 8 nitrogen and oxygen atoms in total. The Morgan fingerprint density at radius 3 is 2.55 bits per heavy atom. The molecule has 0 bridgehead atoms. The molecule has 0 saturated heterocycles. The van der Waals surface area contributed by atoms with Crippen molar-refractivity contribution < 1.29 is 18.3 Å². The molecule has 0 aliphatic heterocycles. The minimum atomic E-state index is -4.10. The molecule has 1 amide bonds. The molecular weight excluding hydrogens is 532 g/mol. The normalized spacial score (nSPS) is 11.8. The molecule has 0 spiro atoms. The van der Waals surface area contributed by atoms with Crippen molar-refractivity contribution in [1.82, 2.24) is 4.98 Å². The number of benzene rings is 3. The van der Waals surface area contributed by atoms with Gasteiger partial charge >= 0.3 is 0 Å². The summed E-state index contributed by atoms with van der Waals surface area (Å²) in [6, 6.07) is 19.1. The quantitative estimate of drug-likeness (QED) is 0.297. The fourth-order valence-corrected chi connectivity index (χ4v) is 5.14. The molecule has 0 aliphatic rings. The van der Waals surface area contributed by atoms with Gasteiger partial charge in [0.15, 0.2) is 5.69 Å². The minimum absolute atomic E-state index is 0.00818. The van der Waals surface area contributed by atoms with Crippen LogP contribution in [0.15, 0.2) is 92.4 Å². The maximum absolute atomic E-state index is 13.3. The van der Waals surface area contributed by atoms with Crippen molar-refractivity contribution in [3.05, 3.63) is 82.3 Å². The predicted molar refractivity (Wildman–Crippen MR) is 130 cm³/mol. The molecule has 33 heavy (non-hydrogen) atoms. The number of amides is 1. The van der Waals surface area contributed by atoms with Crippen molar-refractivity contribution >= 4 is 65.7 Å². The lowest BCUT2D eigenvalue weighted by Crippen LogP contribution is -2.35. The number of halogens is 2. The third kappa shape index (κ3) is 4.92. The Morgan fingerprint density at radius 1 is 1.06 bits per heavy atom. The Bertz CT molecular complexity index is 1470. The van der Waals surface area contributed by atoms with Gasteiger partial charge in [-0.2, -0.15) is 0 Å². The molecule has 1 aromatic heterocycles. The first-order valence-corrected chi connectivity index (χ1v) is 12.1. The molecule has 0 radical (unpaired) electrons. The average Bonchev–Trinajstić information content (AvgIpc) is 3.10. The van der Waals surface area contributed by atoms with Gasteiger partial charge in [-0.25, -0.2) is 8.42 Å². The summed E-state index contributed by atoms with van der Waals surface area (Å²) < 4.78 is 28.2. The predicted octanol–water partition coefficient (Wildman–Crippen LogP) is 5.80. The Morgan fingerprint density at radius 2 is 1.82 bits per heavy atom. The van der Waals surface area contributed by atoms with E-state index >= 15 is 0 Å². The van der Waals surface area contributed by atoms with Crippen molar-refractivity contribution in [1.29, 1.82) is 0 Å². The summed E-state index contributed by atoms with van der Waals surface area (Å²) >= 11 is 9.40. The maximum atomic E-state index is 13.3. The van der Waals surface area contributed by atoms with Gasteiger partial charge in [-0.05, 0) is 48.5 Å². The Kier molecular flexibility index (Phi) is 6.50. The lowest BCUT2D eigenvalue weighted by atomic mass is 10.2. The van der Waals surface area contributed by atoms with Crippen molar-refractivity contribution in [2.24, 2.45) is 10.2 Å². The summed E-state index contributed by atoms with van der Waals surface area (Å²) in [5.41, 5.74) is 0.873. The summed E-state index contributed by atoms with van der Waals surface area (Å²) in [4.78, 5) is 15.5. The average molecular weight is 548 g/mol. The van der Waals surface area contributed by atoms with Gasteiger partial charge in [0, 0.05) is 14.9 Å². The molecule has 0 atom stereocenters. The van der Waals surface area contributed by atoms with Crippen LogP contribution in [0.25, 0.3) is 10.9 Å². The number of aromatic nitrogens is 1. The largest absolute Gasteiger partial charge is 0.493 e. The topological polar surface area (TPSA) is 115 Å².